The Labute approximate surface area is 104 Å². The van der Waals surface area contributed by atoms with E-state index < -0.39 is 11.9 Å². The van der Waals surface area contributed by atoms with Crippen molar-refractivity contribution in [3.63, 3.8) is 0 Å². The van der Waals surface area contributed by atoms with Gasteiger partial charge in [0, 0.05) is 30.5 Å². The molecule has 0 saturated carbocycles. The highest BCUT2D eigenvalue weighted by molar-refractivity contribution is 6.30. The third-order valence-electron chi connectivity index (χ3n) is 1.97. The number of carbonyl (C=O) groups excluding carboxylic acids is 2. The molecule has 0 bridgehead atoms. The number of nitrogens with zero attached hydrogens (tertiary/aromatic N) is 2. The quantitative estimate of drug-likeness (QED) is 0.599. The number of halogens is 1. The first-order chi connectivity index (χ1) is 8.06. The van der Waals surface area contributed by atoms with Crippen LogP contribution < -0.4 is 0 Å². The summed E-state index contributed by atoms with van der Waals surface area (Å²) in [6.45, 7) is 4.82. The van der Waals surface area contributed by atoms with Crippen molar-refractivity contribution in [2.45, 2.75) is 6.92 Å². The van der Waals surface area contributed by atoms with Gasteiger partial charge in [0.15, 0.2) is 0 Å². The van der Waals surface area contributed by atoms with Crippen molar-refractivity contribution in [3.8, 4) is 0 Å². The van der Waals surface area contributed by atoms with Gasteiger partial charge in [0.25, 0.3) is 0 Å². The van der Waals surface area contributed by atoms with E-state index in [0.717, 1.165) is 11.1 Å². The van der Waals surface area contributed by atoms with Crippen molar-refractivity contribution >= 4 is 36.0 Å². The van der Waals surface area contributed by atoms with E-state index in [4.69, 9.17) is 11.8 Å². The average molecular weight is 251 g/mol. The van der Waals surface area contributed by atoms with E-state index in [1.807, 2.05) is 18.2 Å². The molecule has 0 radical (unpaired) electrons. The van der Waals surface area contributed by atoms with Crippen LogP contribution in [0.1, 0.15) is 18.1 Å². The highest BCUT2D eigenvalue weighted by Crippen LogP contribution is 2.08. The molecule has 0 unspecified atom stereocenters. The molecule has 88 valence electrons. The summed E-state index contributed by atoms with van der Waals surface area (Å²) in [5.74, 6) is -0.578. The minimum absolute atomic E-state index is 0.424. The van der Waals surface area contributed by atoms with Gasteiger partial charge >= 0.3 is 6.03 Å². The summed E-state index contributed by atoms with van der Waals surface area (Å²) in [4.78, 5) is 25.7. The summed E-state index contributed by atoms with van der Waals surface area (Å²) in [5, 5.41) is 0. The molecule has 0 heterocycles. The van der Waals surface area contributed by atoms with Gasteiger partial charge in [0.05, 0.1) is 0 Å². The van der Waals surface area contributed by atoms with Crippen LogP contribution in [0.3, 0.4) is 0 Å². The zero-order valence-corrected chi connectivity index (χ0v) is 10.0. The Hall–Kier alpha value is -1.94. The maximum Gasteiger partial charge on any atom is 0.365 e. The molecule has 17 heavy (non-hydrogen) atoms. The third-order valence-corrected chi connectivity index (χ3v) is 2.36. The minimum atomic E-state index is -0.821. The number of urea groups is 1. The van der Waals surface area contributed by atoms with Gasteiger partial charge < -0.3 is 0 Å². The number of rotatable bonds is 2. The van der Waals surface area contributed by atoms with Gasteiger partial charge in [-0.1, -0.05) is 36.9 Å². The number of imide groups is 1. The first-order valence-corrected chi connectivity index (χ1v) is 5.16. The number of aliphatic imine (C=N–C) groups is 1. The molecule has 1 aromatic rings. The summed E-state index contributed by atoms with van der Waals surface area (Å²) < 4.78 is 0.424. The van der Waals surface area contributed by atoms with Crippen LogP contribution in [0.25, 0.3) is 6.08 Å². The topological polar surface area (TPSA) is 49.7 Å². The normalized spacial score (nSPS) is 10.2. The molecule has 4 nitrogen and oxygen atoms in total. The Bertz CT molecular complexity index is 483. The van der Waals surface area contributed by atoms with Gasteiger partial charge in [-0.3, -0.25) is 4.79 Å². The van der Waals surface area contributed by atoms with Crippen LogP contribution in [0.5, 0.6) is 0 Å². The Morgan fingerprint density at radius 2 is 1.94 bits per heavy atom. The molecule has 1 aromatic carbocycles. The van der Waals surface area contributed by atoms with E-state index in [1.54, 1.807) is 12.1 Å². The van der Waals surface area contributed by atoms with E-state index in [-0.39, 0.29) is 0 Å². The first kappa shape index (κ1) is 13.1. The maximum absolute atomic E-state index is 11.3. The zero-order chi connectivity index (χ0) is 12.8. The van der Waals surface area contributed by atoms with E-state index in [9.17, 15) is 9.59 Å². The van der Waals surface area contributed by atoms with Gasteiger partial charge in [-0.2, -0.15) is 9.41 Å². The number of hydrogen-bond donors (Lipinski definition) is 0. The molecule has 0 spiro atoms. The molecule has 3 amide bonds. The monoisotopic (exact) mass is 250 g/mol. The van der Waals surface area contributed by atoms with Crippen molar-refractivity contribution in [1.82, 2.24) is 4.42 Å². The molecule has 5 heteroatoms. The predicted octanol–water partition coefficient (Wildman–Crippen LogP) is 2.87. The van der Waals surface area contributed by atoms with E-state index in [0.29, 0.717) is 4.42 Å². The number of hydrogen-bond acceptors (Lipinski definition) is 2. The lowest BCUT2D eigenvalue weighted by molar-refractivity contribution is -0.122. The second kappa shape index (κ2) is 5.96. The summed E-state index contributed by atoms with van der Waals surface area (Å²) in [7, 11) is 0. The van der Waals surface area contributed by atoms with Crippen molar-refractivity contribution in [2.24, 2.45) is 4.99 Å². The molecule has 0 N–H and O–H groups in total. The van der Waals surface area contributed by atoms with Crippen LogP contribution >= 0.6 is 11.8 Å². The van der Waals surface area contributed by atoms with Crippen molar-refractivity contribution in [1.29, 1.82) is 0 Å². The fraction of sp³-hybridized carbons (Fsp3) is 0.0833. The minimum Gasteiger partial charge on any atom is -0.273 e. The molecule has 0 aliphatic carbocycles. The lowest BCUT2D eigenvalue weighted by atomic mass is 10.1. The zero-order valence-electron chi connectivity index (χ0n) is 9.26. The summed E-state index contributed by atoms with van der Waals surface area (Å²) in [6.07, 6.45) is 2.99. The lowest BCUT2D eigenvalue weighted by Gasteiger charge is -2.04. The highest BCUT2D eigenvalue weighted by Gasteiger charge is 2.13. The molecule has 0 atom stereocenters. The van der Waals surface area contributed by atoms with Gasteiger partial charge in [-0.15, -0.1) is 0 Å². The van der Waals surface area contributed by atoms with Gasteiger partial charge in [-0.05, 0) is 5.56 Å². The lowest BCUT2D eigenvalue weighted by Crippen LogP contribution is -2.23. The molecular weight excluding hydrogens is 240 g/mol. The van der Waals surface area contributed by atoms with Crippen LogP contribution in [-0.2, 0) is 4.79 Å². The molecule has 0 aliphatic rings. The summed E-state index contributed by atoms with van der Waals surface area (Å²) >= 11 is 5.41. The maximum atomic E-state index is 11.3. The van der Waals surface area contributed by atoms with Crippen molar-refractivity contribution in [2.75, 3.05) is 0 Å². The van der Waals surface area contributed by atoms with E-state index in [2.05, 4.69) is 11.6 Å². The van der Waals surface area contributed by atoms with Crippen LogP contribution in [0.15, 0.2) is 35.8 Å². The molecular formula is C12H11ClN2O2. The number of benzene rings is 1. The predicted molar refractivity (Wildman–Crippen MR) is 67.9 cm³/mol. The first-order valence-electron chi connectivity index (χ1n) is 4.82. The van der Waals surface area contributed by atoms with E-state index in [1.165, 1.54) is 13.1 Å². The van der Waals surface area contributed by atoms with Crippen LogP contribution in [0.2, 0.25) is 0 Å². The highest BCUT2D eigenvalue weighted by atomic mass is 35.5. The Morgan fingerprint density at radius 1 is 1.35 bits per heavy atom. The summed E-state index contributed by atoms with van der Waals surface area (Å²) in [6, 6.07) is 6.45. The largest absolute Gasteiger partial charge is 0.365 e. The smallest absolute Gasteiger partial charge is 0.273 e. The SMILES string of the molecule is C=Cc1ccccc1C=NC(=O)N(Cl)C(C)=O. The molecule has 1 rings (SSSR count). The molecule has 0 saturated heterocycles. The molecule has 0 aromatic heterocycles. The second-order valence-corrected chi connectivity index (χ2v) is 3.51. The Kier molecular flexibility index (Phi) is 4.60. The van der Waals surface area contributed by atoms with Gasteiger partial charge in [0.2, 0.25) is 5.91 Å². The fourth-order valence-electron chi connectivity index (χ4n) is 1.12. The van der Waals surface area contributed by atoms with Crippen molar-refractivity contribution in [3.05, 3.63) is 42.0 Å². The third kappa shape index (κ3) is 3.53. The van der Waals surface area contributed by atoms with Crippen LogP contribution in [-0.4, -0.2) is 22.6 Å². The van der Waals surface area contributed by atoms with Crippen LogP contribution in [0, 0.1) is 0 Å². The molecule has 0 fully saturated rings. The fourth-order valence-corrected chi connectivity index (χ4v) is 1.17. The average Bonchev–Trinajstić information content (AvgIpc) is 2.35. The standard InChI is InChI=1S/C12H11ClN2O2/c1-3-10-6-4-5-7-11(10)8-14-12(17)15(13)9(2)16/h3-8H,1H2,2H3. The summed E-state index contributed by atoms with van der Waals surface area (Å²) in [5.41, 5.74) is 1.57. The number of amides is 3. The number of carbonyl (C=O) groups is 2. The Balaban J connectivity index is 2.87. The van der Waals surface area contributed by atoms with Crippen molar-refractivity contribution < 1.29 is 9.59 Å². The second-order valence-electron chi connectivity index (χ2n) is 3.17. The van der Waals surface area contributed by atoms with E-state index >= 15 is 0 Å². The Morgan fingerprint density at radius 3 is 2.47 bits per heavy atom. The van der Waals surface area contributed by atoms with Crippen LogP contribution in [0.4, 0.5) is 4.79 Å². The van der Waals surface area contributed by atoms with Gasteiger partial charge in [0.1, 0.15) is 0 Å². The molecule has 0 aliphatic heterocycles. The van der Waals surface area contributed by atoms with Gasteiger partial charge in [-0.25, -0.2) is 4.79 Å².